The summed E-state index contributed by atoms with van der Waals surface area (Å²) >= 11 is 1.55. The molecule has 1 aliphatic heterocycles. The Kier molecular flexibility index (Phi) is 6.17. The number of amides is 2. The van der Waals surface area contributed by atoms with Gasteiger partial charge in [0.2, 0.25) is 5.91 Å². The molecular weight excluding hydrogens is 346 g/mol. The molecule has 1 saturated heterocycles. The van der Waals surface area contributed by atoms with Crippen LogP contribution in [0.2, 0.25) is 0 Å². The molecule has 1 aliphatic rings. The highest BCUT2D eigenvalue weighted by atomic mass is 32.1. The summed E-state index contributed by atoms with van der Waals surface area (Å²) in [5.41, 5.74) is 2.39. The first-order valence-corrected chi connectivity index (χ1v) is 9.76. The normalized spacial score (nSPS) is 14.6. The molecule has 0 spiro atoms. The van der Waals surface area contributed by atoms with Gasteiger partial charge in [-0.15, -0.1) is 11.3 Å². The lowest BCUT2D eigenvalue weighted by Gasteiger charge is -2.26. The van der Waals surface area contributed by atoms with Crippen LogP contribution in [0, 0.1) is 6.92 Å². The molecule has 136 valence electrons. The van der Waals surface area contributed by atoms with E-state index in [1.54, 1.807) is 17.4 Å². The fraction of sp³-hybridized carbons (Fsp3) is 0.350. The summed E-state index contributed by atoms with van der Waals surface area (Å²) in [5.74, 6) is -0.0971. The van der Waals surface area contributed by atoms with Crippen molar-refractivity contribution in [3.8, 4) is 0 Å². The lowest BCUT2D eigenvalue weighted by molar-refractivity contribution is -0.116. The minimum absolute atomic E-state index is 0.0803. The Morgan fingerprint density at radius 1 is 1.27 bits per heavy atom. The van der Waals surface area contributed by atoms with Gasteiger partial charge in [-0.1, -0.05) is 12.1 Å². The molecule has 1 aromatic heterocycles. The largest absolute Gasteiger partial charge is 0.348 e. The quantitative estimate of drug-likeness (QED) is 0.822. The van der Waals surface area contributed by atoms with E-state index >= 15 is 0 Å². The molecular formula is C20H23N3O2S. The first kappa shape index (κ1) is 18.3. The molecule has 3 rings (SSSR count). The molecule has 1 fully saturated rings. The molecule has 0 aliphatic carbocycles. The topological polar surface area (TPSA) is 62.3 Å². The Hall–Kier alpha value is -2.47. The molecule has 2 aromatic rings. The van der Waals surface area contributed by atoms with Gasteiger partial charge in [0.05, 0.1) is 10.7 Å². The smallest absolute Gasteiger partial charge is 0.253 e. The Labute approximate surface area is 157 Å². The van der Waals surface area contributed by atoms with Gasteiger partial charge in [0.25, 0.3) is 5.91 Å². The number of carbonyl (C=O) groups is 2. The van der Waals surface area contributed by atoms with Crippen molar-refractivity contribution in [1.82, 2.24) is 15.2 Å². The van der Waals surface area contributed by atoms with E-state index in [1.165, 1.54) is 12.5 Å². The Morgan fingerprint density at radius 2 is 2.08 bits per heavy atom. The third-order valence-corrected chi connectivity index (χ3v) is 5.12. The van der Waals surface area contributed by atoms with Gasteiger partial charge in [-0.05, 0) is 50.0 Å². The summed E-state index contributed by atoms with van der Waals surface area (Å²) in [6.45, 7) is 3.99. The van der Waals surface area contributed by atoms with Gasteiger partial charge in [0, 0.05) is 36.7 Å². The zero-order valence-electron chi connectivity index (χ0n) is 14.9. The minimum Gasteiger partial charge on any atom is -0.348 e. The number of nitrogens with one attached hydrogen (secondary N) is 1. The minimum atomic E-state index is -0.177. The number of benzene rings is 1. The third-order valence-electron chi connectivity index (χ3n) is 4.33. The zero-order valence-corrected chi connectivity index (χ0v) is 15.7. The summed E-state index contributed by atoms with van der Waals surface area (Å²) in [6, 6.07) is 7.49. The number of rotatable bonds is 5. The van der Waals surface area contributed by atoms with Crippen LogP contribution in [0.15, 0.2) is 35.7 Å². The molecule has 6 heteroatoms. The highest BCUT2D eigenvalue weighted by Crippen LogP contribution is 2.14. The van der Waals surface area contributed by atoms with Gasteiger partial charge in [-0.3, -0.25) is 9.59 Å². The van der Waals surface area contributed by atoms with Crippen LogP contribution in [0.1, 0.15) is 45.9 Å². The van der Waals surface area contributed by atoms with E-state index in [1.807, 2.05) is 41.5 Å². The lowest BCUT2D eigenvalue weighted by atomic mass is 10.1. The van der Waals surface area contributed by atoms with Crippen LogP contribution in [0.4, 0.5) is 0 Å². The molecule has 0 atom stereocenters. The fourth-order valence-electron chi connectivity index (χ4n) is 2.96. The molecule has 0 radical (unpaired) electrons. The van der Waals surface area contributed by atoms with E-state index in [0.29, 0.717) is 12.1 Å². The first-order valence-electron chi connectivity index (χ1n) is 8.88. The van der Waals surface area contributed by atoms with Crippen LogP contribution >= 0.6 is 11.3 Å². The number of aromatic nitrogens is 1. The molecule has 1 aromatic carbocycles. The second kappa shape index (κ2) is 8.76. The van der Waals surface area contributed by atoms with Crippen molar-refractivity contribution in [2.45, 2.75) is 32.7 Å². The number of piperidine rings is 1. The molecule has 5 nitrogen and oxygen atoms in total. The molecule has 2 amide bonds. The van der Waals surface area contributed by atoms with Crippen LogP contribution < -0.4 is 5.32 Å². The third kappa shape index (κ3) is 5.02. The van der Waals surface area contributed by atoms with Crippen LogP contribution in [0.3, 0.4) is 0 Å². The summed E-state index contributed by atoms with van der Waals surface area (Å²) < 4.78 is 0. The number of carbonyl (C=O) groups excluding carboxylic acids is 2. The second-order valence-corrected chi connectivity index (χ2v) is 7.46. The number of hydrogen-bond acceptors (Lipinski definition) is 4. The van der Waals surface area contributed by atoms with Crippen molar-refractivity contribution in [3.63, 3.8) is 0 Å². The number of hydrogen-bond donors (Lipinski definition) is 1. The van der Waals surface area contributed by atoms with Gasteiger partial charge >= 0.3 is 0 Å². The van der Waals surface area contributed by atoms with Crippen molar-refractivity contribution < 1.29 is 9.59 Å². The van der Waals surface area contributed by atoms with Crippen molar-refractivity contribution in [1.29, 1.82) is 0 Å². The van der Waals surface area contributed by atoms with E-state index in [4.69, 9.17) is 0 Å². The maximum Gasteiger partial charge on any atom is 0.253 e. The molecule has 0 bridgehead atoms. The van der Waals surface area contributed by atoms with Crippen LogP contribution in [-0.4, -0.2) is 34.8 Å². The summed E-state index contributed by atoms with van der Waals surface area (Å²) in [6.07, 6.45) is 6.54. The van der Waals surface area contributed by atoms with Gasteiger partial charge in [-0.25, -0.2) is 4.98 Å². The standard InChI is InChI=1S/C20H23N3O2S/c1-15-22-18(14-26-15)8-9-19(24)21-13-16-6-5-7-17(12-16)20(25)23-10-3-2-4-11-23/h5-9,12,14H,2-4,10-11,13H2,1H3,(H,21,24)/b9-8+. The van der Waals surface area contributed by atoms with Gasteiger partial charge < -0.3 is 10.2 Å². The number of likely N-dealkylation sites (tertiary alicyclic amines) is 1. The zero-order chi connectivity index (χ0) is 18.4. The maximum absolute atomic E-state index is 12.6. The van der Waals surface area contributed by atoms with E-state index in [9.17, 15) is 9.59 Å². The SMILES string of the molecule is Cc1nc(/C=C/C(=O)NCc2cccc(C(=O)N3CCCCC3)c2)cs1. The highest BCUT2D eigenvalue weighted by molar-refractivity contribution is 7.09. The molecule has 0 unspecified atom stereocenters. The van der Waals surface area contributed by atoms with E-state index in [0.717, 1.165) is 42.2 Å². The fourth-order valence-corrected chi connectivity index (χ4v) is 3.54. The van der Waals surface area contributed by atoms with Crippen molar-refractivity contribution in [2.24, 2.45) is 0 Å². The lowest BCUT2D eigenvalue weighted by Crippen LogP contribution is -2.35. The first-order chi connectivity index (χ1) is 12.6. The molecule has 26 heavy (non-hydrogen) atoms. The van der Waals surface area contributed by atoms with Crippen molar-refractivity contribution in [3.05, 3.63) is 57.6 Å². The van der Waals surface area contributed by atoms with Crippen LogP contribution in [0.25, 0.3) is 6.08 Å². The molecule has 1 N–H and O–H groups in total. The average Bonchev–Trinajstić information content (AvgIpc) is 3.10. The summed E-state index contributed by atoms with van der Waals surface area (Å²) in [4.78, 5) is 30.7. The highest BCUT2D eigenvalue weighted by Gasteiger charge is 2.18. The molecule has 0 saturated carbocycles. The van der Waals surface area contributed by atoms with Gasteiger partial charge in [-0.2, -0.15) is 0 Å². The number of aryl methyl sites for hydroxylation is 1. The van der Waals surface area contributed by atoms with E-state index in [-0.39, 0.29) is 11.8 Å². The predicted octanol–water partition coefficient (Wildman–Crippen LogP) is 3.41. The van der Waals surface area contributed by atoms with Gasteiger partial charge in [0.1, 0.15) is 0 Å². The summed E-state index contributed by atoms with van der Waals surface area (Å²) in [7, 11) is 0. The van der Waals surface area contributed by atoms with Crippen LogP contribution in [-0.2, 0) is 11.3 Å². The monoisotopic (exact) mass is 369 g/mol. The Balaban J connectivity index is 1.55. The van der Waals surface area contributed by atoms with Crippen molar-refractivity contribution >= 4 is 29.2 Å². The maximum atomic E-state index is 12.6. The average molecular weight is 369 g/mol. The van der Waals surface area contributed by atoms with E-state index < -0.39 is 0 Å². The van der Waals surface area contributed by atoms with E-state index in [2.05, 4.69) is 10.3 Å². The number of nitrogens with zero attached hydrogens (tertiary/aromatic N) is 2. The van der Waals surface area contributed by atoms with Crippen LogP contribution in [0.5, 0.6) is 0 Å². The Morgan fingerprint density at radius 3 is 2.81 bits per heavy atom. The van der Waals surface area contributed by atoms with Crippen molar-refractivity contribution in [2.75, 3.05) is 13.1 Å². The predicted molar refractivity (Wildman–Crippen MR) is 104 cm³/mol. The molecule has 2 heterocycles. The summed E-state index contributed by atoms with van der Waals surface area (Å²) in [5, 5.41) is 5.73. The van der Waals surface area contributed by atoms with Gasteiger partial charge in [0.15, 0.2) is 0 Å². The second-order valence-electron chi connectivity index (χ2n) is 6.40. The Bertz CT molecular complexity index is 807. The number of thiazole rings is 1.